The van der Waals surface area contributed by atoms with Crippen LogP contribution in [0.5, 0.6) is 0 Å². The van der Waals surface area contributed by atoms with E-state index in [0.29, 0.717) is 5.46 Å². The van der Waals surface area contributed by atoms with Crippen molar-refractivity contribution < 1.29 is 10.0 Å². The number of aryl methyl sites for hydroxylation is 1. The first-order chi connectivity index (χ1) is 6.88. The van der Waals surface area contributed by atoms with Gasteiger partial charge in [0.1, 0.15) is 0 Å². The summed E-state index contributed by atoms with van der Waals surface area (Å²) in [6, 6.07) is 5.85. The fourth-order valence-electron chi connectivity index (χ4n) is 1.70. The lowest BCUT2D eigenvalue weighted by molar-refractivity contribution is 0.422. The van der Waals surface area contributed by atoms with Crippen LogP contribution in [0.15, 0.2) is 18.2 Å². The summed E-state index contributed by atoms with van der Waals surface area (Å²) >= 11 is 0. The smallest absolute Gasteiger partial charge is 0.423 e. The van der Waals surface area contributed by atoms with Crippen LogP contribution in [0.4, 0.5) is 0 Å². The zero-order chi connectivity index (χ0) is 11.6. The van der Waals surface area contributed by atoms with Gasteiger partial charge in [-0.25, -0.2) is 0 Å². The van der Waals surface area contributed by atoms with Crippen LogP contribution in [-0.4, -0.2) is 17.2 Å². The van der Waals surface area contributed by atoms with Crippen LogP contribution in [0.3, 0.4) is 0 Å². The second-order valence-electron chi connectivity index (χ2n) is 4.70. The highest BCUT2D eigenvalue weighted by Crippen LogP contribution is 2.25. The van der Waals surface area contributed by atoms with Crippen molar-refractivity contribution in [2.24, 2.45) is 0 Å². The first-order valence-corrected chi connectivity index (χ1v) is 5.35. The van der Waals surface area contributed by atoms with Gasteiger partial charge in [-0.05, 0) is 29.8 Å². The van der Waals surface area contributed by atoms with Crippen LogP contribution >= 0.6 is 0 Å². The number of benzene rings is 1. The summed E-state index contributed by atoms with van der Waals surface area (Å²) in [5, 5.41) is 18.7. The summed E-state index contributed by atoms with van der Waals surface area (Å²) in [5.74, 6) is 0. The van der Waals surface area contributed by atoms with Gasteiger partial charge in [0, 0.05) is 0 Å². The molecule has 0 saturated carbocycles. The first-order valence-electron chi connectivity index (χ1n) is 5.35. The minimum atomic E-state index is -1.38. The van der Waals surface area contributed by atoms with E-state index in [0.717, 1.165) is 17.5 Å². The van der Waals surface area contributed by atoms with E-state index in [9.17, 15) is 10.0 Å². The molecule has 0 unspecified atom stereocenters. The van der Waals surface area contributed by atoms with Gasteiger partial charge in [-0.1, -0.05) is 44.5 Å². The van der Waals surface area contributed by atoms with Gasteiger partial charge in [-0.2, -0.15) is 0 Å². The van der Waals surface area contributed by atoms with Gasteiger partial charge in [0.25, 0.3) is 0 Å². The predicted molar refractivity (Wildman–Crippen MR) is 64.3 cm³/mol. The third-order valence-corrected chi connectivity index (χ3v) is 3.10. The van der Waals surface area contributed by atoms with Crippen molar-refractivity contribution in [2.45, 2.75) is 39.5 Å². The van der Waals surface area contributed by atoms with Gasteiger partial charge >= 0.3 is 7.12 Å². The molecule has 0 aliphatic heterocycles. The second-order valence-corrected chi connectivity index (χ2v) is 4.70. The predicted octanol–water partition coefficient (Wildman–Crippen LogP) is 1.36. The third kappa shape index (κ3) is 2.61. The molecule has 0 aliphatic carbocycles. The van der Waals surface area contributed by atoms with Crippen molar-refractivity contribution in [1.29, 1.82) is 0 Å². The van der Waals surface area contributed by atoms with E-state index in [-0.39, 0.29) is 5.41 Å². The van der Waals surface area contributed by atoms with E-state index < -0.39 is 7.12 Å². The van der Waals surface area contributed by atoms with Crippen LogP contribution in [0.2, 0.25) is 0 Å². The first kappa shape index (κ1) is 12.3. The molecule has 2 N–H and O–H groups in total. The molecular formula is C12H19BO2. The lowest BCUT2D eigenvalue weighted by Crippen LogP contribution is -2.38. The second kappa shape index (κ2) is 4.37. The topological polar surface area (TPSA) is 40.5 Å². The molecule has 0 fully saturated rings. The molecule has 3 heteroatoms. The highest BCUT2D eigenvalue weighted by molar-refractivity contribution is 6.59. The largest absolute Gasteiger partial charge is 0.488 e. The van der Waals surface area contributed by atoms with E-state index in [4.69, 9.17) is 0 Å². The number of hydrogen-bond donors (Lipinski definition) is 2. The Hall–Kier alpha value is -0.795. The summed E-state index contributed by atoms with van der Waals surface area (Å²) in [6.07, 6.45) is 0.968. The van der Waals surface area contributed by atoms with Gasteiger partial charge in [-0.15, -0.1) is 0 Å². The van der Waals surface area contributed by atoms with Gasteiger partial charge < -0.3 is 10.0 Å². The summed E-state index contributed by atoms with van der Waals surface area (Å²) in [6.45, 7) is 8.29. The Bertz CT molecular complexity index is 345. The van der Waals surface area contributed by atoms with E-state index in [1.807, 2.05) is 25.1 Å². The Morgan fingerprint density at radius 1 is 1.27 bits per heavy atom. The SMILES string of the molecule is CCC(C)(C)c1ccc(C)cc1B(O)O. The van der Waals surface area contributed by atoms with Gasteiger partial charge in [-0.3, -0.25) is 0 Å². The molecule has 0 aliphatic rings. The number of hydrogen-bond acceptors (Lipinski definition) is 2. The summed E-state index contributed by atoms with van der Waals surface area (Å²) in [7, 11) is -1.38. The molecule has 0 amide bonds. The normalized spacial score (nSPS) is 11.6. The lowest BCUT2D eigenvalue weighted by atomic mass is 9.68. The zero-order valence-electron chi connectivity index (χ0n) is 9.91. The Balaban J connectivity index is 3.29. The van der Waals surface area contributed by atoms with Gasteiger partial charge in [0.05, 0.1) is 0 Å². The molecule has 0 saturated heterocycles. The highest BCUT2D eigenvalue weighted by Gasteiger charge is 2.26. The van der Waals surface area contributed by atoms with Crippen molar-refractivity contribution in [3.05, 3.63) is 29.3 Å². The highest BCUT2D eigenvalue weighted by atomic mass is 16.4. The van der Waals surface area contributed by atoms with Crippen molar-refractivity contribution in [3.8, 4) is 0 Å². The molecule has 1 aromatic carbocycles. The Labute approximate surface area is 92.1 Å². The van der Waals surface area contributed by atoms with Crippen molar-refractivity contribution in [1.82, 2.24) is 0 Å². The van der Waals surface area contributed by atoms with Crippen LogP contribution in [-0.2, 0) is 5.41 Å². The third-order valence-electron chi connectivity index (χ3n) is 3.10. The minimum Gasteiger partial charge on any atom is -0.423 e. The Morgan fingerprint density at radius 2 is 1.87 bits per heavy atom. The fraction of sp³-hybridized carbons (Fsp3) is 0.500. The Morgan fingerprint density at radius 3 is 2.33 bits per heavy atom. The van der Waals surface area contributed by atoms with Gasteiger partial charge in [0.15, 0.2) is 0 Å². The maximum atomic E-state index is 9.34. The maximum absolute atomic E-state index is 9.34. The molecule has 2 nitrogen and oxygen atoms in total. The molecule has 0 heterocycles. The van der Waals surface area contributed by atoms with Crippen LogP contribution in [0, 0.1) is 6.92 Å². The average molecular weight is 206 g/mol. The van der Waals surface area contributed by atoms with Gasteiger partial charge in [0.2, 0.25) is 0 Å². The van der Waals surface area contributed by atoms with Crippen LogP contribution in [0.25, 0.3) is 0 Å². The molecule has 1 aromatic rings. The molecule has 82 valence electrons. The molecule has 0 atom stereocenters. The minimum absolute atomic E-state index is 0.0211. The maximum Gasteiger partial charge on any atom is 0.488 e. The quantitative estimate of drug-likeness (QED) is 0.733. The standard InChI is InChI=1S/C12H19BO2/c1-5-12(3,4)10-7-6-9(2)8-11(10)13(14)15/h6-8,14-15H,5H2,1-4H3. The van der Waals surface area contributed by atoms with Crippen molar-refractivity contribution in [2.75, 3.05) is 0 Å². The average Bonchev–Trinajstić information content (AvgIpc) is 2.17. The molecular weight excluding hydrogens is 187 g/mol. The molecule has 1 rings (SSSR count). The monoisotopic (exact) mass is 206 g/mol. The van der Waals surface area contributed by atoms with E-state index in [1.54, 1.807) is 0 Å². The van der Waals surface area contributed by atoms with E-state index in [1.165, 1.54) is 0 Å². The van der Waals surface area contributed by atoms with Crippen LogP contribution in [0.1, 0.15) is 38.3 Å². The molecule has 15 heavy (non-hydrogen) atoms. The number of rotatable bonds is 3. The summed E-state index contributed by atoms with van der Waals surface area (Å²) in [4.78, 5) is 0. The molecule has 0 bridgehead atoms. The molecule has 0 spiro atoms. The van der Waals surface area contributed by atoms with Crippen LogP contribution < -0.4 is 5.46 Å². The fourth-order valence-corrected chi connectivity index (χ4v) is 1.70. The molecule has 0 aromatic heterocycles. The van der Waals surface area contributed by atoms with E-state index in [2.05, 4.69) is 20.8 Å². The van der Waals surface area contributed by atoms with Crippen molar-refractivity contribution in [3.63, 3.8) is 0 Å². The summed E-state index contributed by atoms with van der Waals surface area (Å²) in [5.41, 5.74) is 2.67. The van der Waals surface area contributed by atoms with Crippen molar-refractivity contribution >= 4 is 12.6 Å². The van der Waals surface area contributed by atoms with E-state index >= 15 is 0 Å². The Kier molecular flexibility index (Phi) is 3.58. The summed E-state index contributed by atoms with van der Waals surface area (Å²) < 4.78 is 0. The lowest BCUT2D eigenvalue weighted by Gasteiger charge is -2.26. The molecule has 0 radical (unpaired) electrons. The zero-order valence-corrected chi connectivity index (χ0v) is 9.91.